The summed E-state index contributed by atoms with van der Waals surface area (Å²) in [6.45, 7) is 2.71. The van der Waals surface area contributed by atoms with Crippen LogP contribution in [-0.4, -0.2) is 27.4 Å². The van der Waals surface area contributed by atoms with E-state index in [1.807, 2.05) is 43.5 Å². The molecule has 2 aromatic heterocycles. The molecule has 25 heavy (non-hydrogen) atoms. The molecule has 0 aliphatic carbocycles. The number of aromatic nitrogens is 3. The summed E-state index contributed by atoms with van der Waals surface area (Å²) in [5.74, 6) is 0.400. The zero-order valence-corrected chi connectivity index (χ0v) is 13.8. The van der Waals surface area contributed by atoms with Gasteiger partial charge in [0.15, 0.2) is 0 Å². The Balaban J connectivity index is 1.57. The molecule has 0 fully saturated rings. The molecule has 128 valence electrons. The summed E-state index contributed by atoms with van der Waals surface area (Å²) < 4.78 is 7.15. The molecule has 0 atom stereocenters. The Kier molecular flexibility index (Phi) is 5.26. The third-order valence-electron chi connectivity index (χ3n) is 3.41. The number of nitrogens with one attached hydrogen (secondary N) is 2. The number of carbonyl (C=O) groups excluding carboxylic acids is 1. The molecule has 0 bridgehead atoms. The SMILES string of the molecule is CCOc1ncccc1NC(=O)NCc1cnn(-c2ccccc2)c1. The molecule has 0 radical (unpaired) electrons. The maximum Gasteiger partial charge on any atom is 0.319 e. The Morgan fingerprint density at radius 2 is 2.04 bits per heavy atom. The number of pyridine rings is 1. The third kappa shape index (κ3) is 4.35. The maximum absolute atomic E-state index is 12.1. The molecular weight excluding hydrogens is 318 g/mol. The van der Waals surface area contributed by atoms with E-state index in [1.54, 1.807) is 29.2 Å². The molecule has 0 saturated carbocycles. The molecule has 0 aliphatic heterocycles. The number of anilines is 1. The molecule has 0 spiro atoms. The van der Waals surface area contributed by atoms with E-state index in [2.05, 4.69) is 20.7 Å². The molecule has 2 N–H and O–H groups in total. The van der Waals surface area contributed by atoms with Crippen LogP contribution in [0.5, 0.6) is 5.88 Å². The van der Waals surface area contributed by atoms with Gasteiger partial charge in [-0.15, -0.1) is 0 Å². The summed E-state index contributed by atoms with van der Waals surface area (Å²) in [5, 5.41) is 9.84. The van der Waals surface area contributed by atoms with Crippen molar-refractivity contribution >= 4 is 11.7 Å². The van der Waals surface area contributed by atoms with E-state index in [0.717, 1.165) is 11.3 Å². The van der Waals surface area contributed by atoms with E-state index in [-0.39, 0.29) is 6.03 Å². The minimum atomic E-state index is -0.332. The number of ether oxygens (including phenoxy) is 1. The zero-order chi connectivity index (χ0) is 17.5. The standard InChI is InChI=1S/C18H19N5O2/c1-2-25-17-16(9-6-10-19-17)22-18(24)20-11-14-12-21-23(13-14)15-7-4-3-5-8-15/h3-10,12-13H,2,11H2,1H3,(H2,20,22,24). The number of para-hydroxylation sites is 1. The number of hydrogen-bond donors (Lipinski definition) is 2. The number of rotatable bonds is 6. The van der Waals surface area contributed by atoms with Crippen molar-refractivity contribution in [1.82, 2.24) is 20.1 Å². The maximum atomic E-state index is 12.1. The Labute approximate surface area is 145 Å². The van der Waals surface area contributed by atoms with E-state index in [0.29, 0.717) is 24.7 Å². The molecule has 0 aliphatic rings. The summed E-state index contributed by atoms with van der Waals surface area (Å²) in [5.41, 5.74) is 2.40. The van der Waals surface area contributed by atoms with Crippen LogP contribution in [0, 0.1) is 0 Å². The minimum Gasteiger partial charge on any atom is -0.476 e. The van der Waals surface area contributed by atoms with Crippen LogP contribution in [0.3, 0.4) is 0 Å². The molecule has 3 rings (SSSR count). The first-order chi connectivity index (χ1) is 12.3. The molecule has 0 saturated heterocycles. The van der Waals surface area contributed by atoms with Crippen molar-refractivity contribution < 1.29 is 9.53 Å². The lowest BCUT2D eigenvalue weighted by Gasteiger charge is -2.10. The number of amides is 2. The van der Waals surface area contributed by atoms with Gasteiger partial charge in [-0.2, -0.15) is 5.10 Å². The molecule has 2 heterocycles. The molecule has 7 heteroatoms. The van der Waals surface area contributed by atoms with Crippen molar-refractivity contribution in [3.63, 3.8) is 0 Å². The first-order valence-electron chi connectivity index (χ1n) is 7.98. The summed E-state index contributed by atoms with van der Waals surface area (Å²) in [6.07, 6.45) is 5.22. The van der Waals surface area contributed by atoms with Crippen molar-refractivity contribution in [2.24, 2.45) is 0 Å². The largest absolute Gasteiger partial charge is 0.476 e. The fourth-order valence-corrected chi connectivity index (χ4v) is 2.26. The van der Waals surface area contributed by atoms with Gasteiger partial charge in [-0.3, -0.25) is 0 Å². The van der Waals surface area contributed by atoms with Crippen LogP contribution in [0.2, 0.25) is 0 Å². The molecule has 7 nitrogen and oxygen atoms in total. The number of hydrogen-bond acceptors (Lipinski definition) is 4. The van der Waals surface area contributed by atoms with Crippen molar-refractivity contribution in [1.29, 1.82) is 0 Å². The van der Waals surface area contributed by atoms with Gasteiger partial charge in [-0.1, -0.05) is 18.2 Å². The molecule has 1 aromatic carbocycles. The first kappa shape index (κ1) is 16.5. The molecule has 0 unspecified atom stereocenters. The topological polar surface area (TPSA) is 81.1 Å². The summed E-state index contributed by atoms with van der Waals surface area (Å²) in [6, 6.07) is 12.9. The van der Waals surface area contributed by atoms with Crippen LogP contribution in [0.4, 0.5) is 10.5 Å². The van der Waals surface area contributed by atoms with E-state index in [1.165, 1.54) is 0 Å². The van der Waals surface area contributed by atoms with Gasteiger partial charge >= 0.3 is 6.03 Å². The highest BCUT2D eigenvalue weighted by atomic mass is 16.5. The Bertz CT molecular complexity index is 832. The number of nitrogens with zero attached hydrogens (tertiary/aromatic N) is 3. The highest BCUT2D eigenvalue weighted by molar-refractivity contribution is 5.90. The molecule has 3 aromatic rings. The predicted octanol–water partition coefficient (Wildman–Crippen LogP) is 2.99. The van der Waals surface area contributed by atoms with E-state index in [4.69, 9.17) is 4.74 Å². The monoisotopic (exact) mass is 337 g/mol. The fourth-order valence-electron chi connectivity index (χ4n) is 2.26. The zero-order valence-electron chi connectivity index (χ0n) is 13.8. The summed E-state index contributed by atoms with van der Waals surface area (Å²) in [7, 11) is 0. The second-order valence-corrected chi connectivity index (χ2v) is 5.23. The minimum absolute atomic E-state index is 0.332. The quantitative estimate of drug-likeness (QED) is 0.724. The lowest BCUT2D eigenvalue weighted by molar-refractivity contribution is 0.251. The van der Waals surface area contributed by atoms with Gasteiger partial charge in [0.25, 0.3) is 0 Å². The van der Waals surface area contributed by atoms with Gasteiger partial charge in [-0.05, 0) is 31.2 Å². The van der Waals surface area contributed by atoms with Gasteiger partial charge in [0.1, 0.15) is 5.69 Å². The number of benzene rings is 1. The Morgan fingerprint density at radius 3 is 2.84 bits per heavy atom. The van der Waals surface area contributed by atoms with E-state index < -0.39 is 0 Å². The average molecular weight is 337 g/mol. The van der Waals surface area contributed by atoms with Crippen LogP contribution in [0.15, 0.2) is 61.1 Å². The number of carbonyl (C=O) groups is 1. The Hall–Kier alpha value is -3.35. The van der Waals surface area contributed by atoms with E-state index in [9.17, 15) is 4.79 Å². The van der Waals surface area contributed by atoms with Crippen molar-refractivity contribution in [2.45, 2.75) is 13.5 Å². The lowest BCUT2D eigenvalue weighted by Crippen LogP contribution is -2.28. The van der Waals surface area contributed by atoms with Crippen LogP contribution in [-0.2, 0) is 6.54 Å². The lowest BCUT2D eigenvalue weighted by atomic mass is 10.3. The summed E-state index contributed by atoms with van der Waals surface area (Å²) >= 11 is 0. The second kappa shape index (κ2) is 7.96. The highest BCUT2D eigenvalue weighted by Gasteiger charge is 2.09. The van der Waals surface area contributed by atoms with Crippen molar-refractivity contribution in [2.75, 3.05) is 11.9 Å². The second-order valence-electron chi connectivity index (χ2n) is 5.23. The highest BCUT2D eigenvalue weighted by Crippen LogP contribution is 2.20. The normalized spacial score (nSPS) is 10.3. The smallest absolute Gasteiger partial charge is 0.319 e. The van der Waals surface area contributed by atoms with Gasteiger partial charge in [0, 0.05) is 24.5 Å². The van der Waals surface area contributed by atoms with Crippen molar-refractivity contribution in [3.05, 3.63) is 66.6 Å². The molecule has 2 amide bonds. The summed E-state index contributed by atoms with van der Waals surface area (Å²) in [4.78, 5) is 16.2. The number of urea groups is 1. The first-order valence-corrected chi connectivity index (χ1v) is 7.98. The van der Waals surface area contributed by atoms with Gasteiger partial charge in [0.2, 0.25) is 5.88 Å². The predicted molar refractivity (Wildman–Crippen MR) is 94.8 cm³/mol. The van der Waals surface area contributed by atoms with Crippen LogP contribution in [0.1, 0.15) is 12.5 Å². The van der Waals surface area contributed by atoms with Gasteiger partial charge in [-0.25, -0.2) is 14.5 Å². The third-order valence-corrected chi connectivity index (χ3v) is 3.41. The fraction of sp³-hybridized carbons (Fsp3) is 0.167. The van der Waals surface area contributed by atoms with Gasteiger partial charge < -0.3 is 15.4 Å². The van der Waals surface area contributed by atoms with Crippen LogP contribution in [0.25, 0.3) is 5.69 Å². The average Bonchev–Trinajstić information content (AvgIpc) is 3.12. The van der Waals surface area contributed by atoms with Crippen molar-refractivity contribution in [3.8, 4) is 11.6 Å². The van der Waals surface area contributed by atoms with Crippen LogP contribution < -0.4 is 15.4 Å². The Morgan fingerprint density at radius 1 is 1.20 bits per heavy atom. The van der Waals surface area contributed by atoms with Gasteiger partial charge in [0.05, 0.1) is 18.5 Å². The van der Waals surface area contributed by atoms with Crippen LogP contribution >= 0.6 is 0 Å². The van der Waals surface area contributed by atoms with E-state index >= 15 is 0 Å². The molecular formula is C18H19N5O2.